The molecule has 0 fully saturated rings. The van der Waals surface area contributed by atoms with E-state index in [2.05, 4.69) is 60.7 Å². The Hall–Kier alpha value is -0.540. The molecule has 0 unspecified atom stereocenters. The van der Waals surface area contributed by atoms with Crippen molar-refractivity contribution in [1.29, 1.82) is 0 Å². The molecule has 0 spiro atoms. The maximum atomic E-state index is 5.79. The zero-order valence-corrected chi connectivity index (χ0v) is 12.8. The molecule has 0 saturated carbocycles. The largest absolute Gasteiger partial charge is 0.492 e. The zero-order valence-electron chi connectivity index (χ0n) is 11.2. The van der Waals surface area contributed by atoms with Crippen molar-refractivity contribution < 1.29 is 4.74 Å². The van der Waals surface area contributed by atoms with Gasteiger partial charge in [-0.15, -0.1) is 0 Å². The second-order valence-electron chi connectivity index (χ2n) is 4.25. The summed E-state index contributed by atoms with van der Waals surface area (Å²) in [6.45, 7) is 12.4. The van der Waals surface area contributed by atoms with Crippen LogP contribution in [-0.2, 0) is 0 Å². The number of rotatable bonds is 6. The fraction of sp³-hybridized carbons (Fsp3) is 0.571. The smallest absolute Gasteiger partial charge is 0.119 e. The number of nitrogens with zero attached hydrogens (tertiary/aromatic N) is 1. The van der Waals surface area contributed by atoms with Gasteiger partial charge in [-0.1, -0.05) is 29.8 Å². The van der Waals surface area contributed by atoms with Crippen LogP contribution in [0.2, 0.25) is 0 Å². The third-order valence-corrected chi connectivity index (χ3v) is 4.23. The predicted molar refractivity (Wildman–Crippen MR) is 76.9 cm³/mol. The third kappa shape index (κ3) is 4.32. The van der Waals surface area contributed by atoms with Gasteiger partial charge in [-0.05, 0) is 50.2 Å². The summed E-state index contributed by atoms with van der Waals surface area (Å²) in [6, 6.07) is 4.17. The number of likely N-dealkylation sites (N-methyl/N-ethyl adjacent to an activating group) is 1. The van der Waals surface area contributed by atoms with E-state index in [-0.39, 0.29) is 0 Å². The molecule has 2 nitrogen and oxygen atoms in total. The van der Waals surface area contributed by atoms with Crippen molar-refractivity contribution in [2.75, 3.05) is 26.2 Å². The van der Waals surface area contributed by atoms with Crippen molar-refractivity contribution in [1.82, 2.24) is 4.90 Å². The molecule has 0 N–H and O–H groups in total. The summed E-state index contributed by atoms with van der Waals surface area (Å²) < 4.78 is 6.97. The molecular formula is C14H22BrNO. The van der Waals surface area contributed by atoms with Gasteiger partial charge in [0.1, 0.15) is 12.4 Å². The molecule has 0 radical (unpaired) electrons. The lowest BCUT2D eigenvalue weighted by molar-refractivity contribution is 0.222. The standard InChI is InChI=1S/C14H22BrNO/c1-5-16(6-2)7-8-17-13-9-11(3)14(15)12(4)10-13/h9-10H,5-8H2,1-4H3. The molecule has 0 heterocycles. The van der Waals surface area contributed by atoms with E-state index in [1.54, 1.807) is 0 Å². The van der Waals surface area contributed by atoms with Gasteiger partial charge < -0.3 is 9.64 Å². The Balaban J connectivity index is 2.52. The Morgan fingerprint density at radius 1 is 1.12 bits per heavy atom. The molecule has 0 amide bonds. The second kappa shape index (κ2) is 7.02. The highest BCUT2D eigenvalue weighted by molar-refractivity contribution is 9.10. The average molecular weight is 300 g/mol. The molecule has 0 saturated heterocycles. The lowest BCUT2D eigenvalue weighted by Gasteiger charge is -2.18. The SMILES string of the molecule is CCN(CC)CCOc1cc(C)c(Br)c(C)c1. The molecule has 0 aliphatic heterocycles. The van der Waals surface area contributed by atoms with Crippen LogP contribution < -0.4 is 4.74 Å². The first kappa shape index (κ1) is 14.5. The van der Waals surface area contributed by atoms with Crippen LogP contribution in [-0.4, -0.2) is 31.1 Å². The number of halogens is 1. The molecule has 0 bridgehead atoms. The molecule has 0 aromatic heterocycles. The molecule has 1 rings (SSSR count). The predicted octanol–water partition coefficient (Wildman–Crippen LogP) is 3.79. The van der Waals surface area contributed by atoms with Gasteiger partial charge in [0.15, 0.2) is 0 Å². The summed E-state index contributed by atoms with van der Waals surface area (Å²) >= 11 is 3.56. The van der Waals surface area contributed by atoms with Gasteiger partial charge in [0.2, 0.25) is 0 Å². The van der Waals surface area contributed by atoms with Gasteiger partial charge >= 0.3 is 0 Å². The highest BCUT2D eigenvalue weighted by atomic mass is 79.9. The molecule has 1 aromatic rings. The average Bonchev–Trinajstić information content (AvgIpc) is 2.31. The molecular weight excluding hydrogens is 278 g/mol. The van der Waals surface area contributed by atoms with E-state index < -0.39 is 0 Å². The van der Waals surface area contributed by atoms with Gasteiger partial charge in [-0.3, -0.25) is 0 Å². The fourth-order valence-corrected chi connectivity index (χ4v) is 2.05. The number of benzene rings is 1. The molecule has 0 aliphatic rings. The van der Waals surface area contributed by atoms with Crippen LogP contribution in [0.15, 0.2) is 16.6 Å². The van der Waals surface area contributed by atoms with Gasteiger partial charge in [0.05, 0.1) is 0 Å². The van der Waals surface area contributed by atoms with Crippen molar-refractivity contribution >= 4 is 15.9 Å². The highest BCUT2D eigenvalue weighted by Crippen LogP contribution is 2.26. The topological polar surface area (TPSA) is 12.5 Å². The summed E-state index contributed by atoms with van der Waals surface area (Å²) in [4.78, 5) is 2.36. The highest BCUT2D eigenvalue weighted by Gasteiger charge is 2.04. The summed E-state index contributed by atoms with van der Waals surface area (Å²) in [7, 11) is 0. The first-order chi connectivity index (χ1) is 8.08. The summed E-state index contributed by atoms with van der Waals surface area (Å²) in [5.74, 6) is 0.968. The van der Waals surface area contributed by atoms with E-state index in [1.807, 2.05) is 0 Å². The quantitative estimate of drug-likeness (QED) is 0.792. The van der Waals surface area contributed by atoms with Gasteiger partial charge in [-0.2, -0.15) is 0 Å². The minimum Gasteiger partial charge on any atom is -0.492 e. The van der Waals surface area contributed by atoms with Crippen LogP contribution in [0.3, 0.4) is 0 Å². The number of ether oxygens (including phenoxy) is 1. The molecule has 96 valence electrons. The monoisotopic (exact) mass is 299 g/mol. The van der Waals surface area contributed by atoms with E-state index >= 15 is 0 Å². The van der Waals surface area contributed by atoms with Crippen molar-refractivity contribution in [2.24, 2.45) is 0 Å². The minimum atomic E-state index is 0.752. The van der Waals surface area contributed by atoms with Gasteiger partial charge in [0.25, 0.3) is 0 Å². The maximum Gasteiger partial charge on any atom is 0.119 e. The maximum absolute atomic E-state index is 5.79. The number of hydrogen-bond donors (Lipinski definition) is 0. The Kier molecular flexibility index (Phi) is 6.00. The molecule has 3 heteroatoms. The Morgan fingerprint density at radius 3 is 2.12 bits per heavy atom. The van der Waals surface area contributed by atoms with E-state index in [0.717, 1.165) is 32.0 Å². The van der Waals surface area contributed by atoms with Crippen LogP contribution in [0, 0.1) is 13.8 Å². The number of hydrogen-bond acceptors (Lipinski definition) is 2. The Bertz CT molecular complexity index is 338. The normalized spacial score (nSPS) is 10.9. The first-order valence-corrected chi connectivity index (χ1v) is 6.99. The van der Waals surface area contributed by atoms with E-state index in [4.69, 9.17) is 4.74 Å². The Morgan fingerprint density at radius 2 is 1.65 bits per heavy atom. The van der Waals surface area contributed by atoms with E-state index in [0.29, 0.717) is 0 Å². The summed E-state index contributed by atoms with van der Waals surface area (Å²) in [5.41, 5.74) is 2.45. The van der Waals surface area contributed by atoms with Crippen molar-refractivity contribution in [3.05, 3.63) is 27.7 Å². The van der Waals surface area contributed by atoms with Gasteiger partial charge in [0, 0.05) is 11.0 Å². The molecule has 1 aromatic carbocycles. The lowest BCUT2D eigenvalue weighted by Crippen LogP contribution is -2.27. The fourth-order valence-electron chi connectivity index (χ4n) is 1.82. The van der Waals surface area contributed by atoms with E-state index in [9.17, 15) is 0 Å². The second-order valence-corrected chi connectivity index (χ2v) is 5.04. The van der Waals surface area contributed by atoms with Crippen LogP contribution in [0.4, 0.5) is 0 Å². The third-order valence-electron chi connectivity index (χ3n) is 2.98. The minimum absolute atomic E-state index is 0.752. The lowest BCUT2D eigenvalue weighted by atomic mass is 10.1. The summed E-state index contributed by atoms with van der Waals surface area (Å²) in [6.07, 6.45) is 0. The van der Waals surface area contributed by atoms with Gasteiger partial charge in [-0.25, -0.2) is 0 Å². The molecule has 0 aliphatic carbocycles. The van der Waals surface area contributed by atoms with E-state index in [1.165, 1.54) is 15.6 Å². The van der Waals surface area contributed by atoms with Crippen molar-refractivity contribution in [3.8, 4) is 5.75 Å². The van der Waals surface area contributed by atoms with Crippen LogP contribution in [0.1, 0.15) is 25.0 Å². The zero-order chi connectivity index (χ0) is 12.8. The Labute approximate surface area is 113 Å². The molecule has 17 heavy (non-hydrogen) atoms. The van der Waals surface area contributed by atoms with Crippen molar-refractivity contribution in [3.63, 3.8) is 0 Å². The van der Waals surface area contributed by atoms with Crippen molar-refractivity contribution in [2.45, 2.75) is 27.7 Å². The summed E-state index contributed by atoms with van der Waals surface area (Å²) in [5, 5.41) is 0. The number of aryl methyl sites for hydroxylation is 2. The first-order valence-electron chi connectivity index (χ1n) is 6.20. The van der Waals surface area contributed by atoms with Crippen LogP contribution >= 0.6 is 15.9 Å². The van der Waals surface area contributed by atoms with Crippen LogP contribution in [0.5, 0.6) is 5.75 Å². The molecule has 0 atom stereocenters. The van der Waals surface area contributed by atoms with Crippen LogP contribution in [0.25, 0.3) is 0 Å².